The normalized spacial score (nSPS) is 10.6. The van der Waals surface area contributed by atoms with Gasteiger partial charge in [0.2, 0.25) is 0 Å². The molecule has 0 unspecified atom stereocenters. The Hall–Kier alpha value is -2.93. The van der Waals surface area contributed by atoms with Gasteiger partial charge in [0.1, 0.15) is 0 Å². The molecule has 3 aromatic rings. The Morgan fingerprint density at radius 1 is 1.12 bits per heavy atom. The number of hydrogen-bond donors (Lipinski definition) is 0. The molecular weight excluding hydrogens is 338 g/mol. The molecule has 0 aliphatic heterocycles. The van der Waals surface area contributed by atoms with Gasteiger partial charge in [0, 0.05) is 36.0 Å². The van der Waals surface area contributed by atoms with E-state index in [1.807, 2.05) is 31.2 Å². The molecule has 0 saturated heterocycles. The molecule has 0 N–H and O–H groups in total. The summed E-state index contributed by atoms with van der Waals surface area (Å²) in [7, 11) is 0. The molecule has 0 aliphatic carbocycles. The molecule has 3 rings (SSSR count). The number of nitro benzene ring substituents is 1. The standard InChI is InChI=1S/C18H15N3O3S/c1-13-2-6-15(7-3-13)20-11-10-19-17(18(20)22)25-12-14-4-8-16(9-5-14)21(23)24/h2-11H,12H2,1H3. The Kier molecular flexibility index (Phi) is 4.95. The van der Waals surface area contributed by atoms with Gasteiger partial charge in [-0.15, -0.1) is 0 Å². The highest BCUT2D eigenvalue weighted by Crippen LogP contribution is 2.20. The van der Waals surface area contributed by atoms with Gasteiger partial charge in [-0.05, 0) is 24.6 Å². The lowest BCUT2D eigenvalue weighted by molar-refractivity contribution is -0.384. The van der Waals surface area contributed by atoms with Crippen LogP contribution in [0.1, 0.15) is 11.1 Å². The van der Waals surface area contributed by atoms with Crippen LogP contribution in [0.4, 0.5) is 5.69 Å². The third-order valence-corrected chi connectivity index (χ3v) is 4.68. The molecule has 1 aromatic heterocycles. The topological polar surface area (TPSA) is 78.0 Å². The third kappa shape index (κ3) is 3.95. The molecule has 25 heavy (non-hydrogen) atoms. The minimum absolute atomic E-state index is 0.0494. The van der Waals surface area contributed by atoms with Crippen molar-refractivity contribution < 1.29 is 4.92 Å². The maximum absolute atomic E-state index is 12.6. The quantitative estimate of drug-likeness (QED) is 0.397. The summed E-state index contributed by atoms with van der Waals surface area (Å²) in [6, 6.07) is 14.0. The van der Waals surface area contributed by atoms with Gasteiger partial charge in [-0.3, -0.25) is 19.5 Å². The van der Waals surface area contributed by atoms with Crippen LogP contribution in [-0.2, 0) is 5.75 Å². The van der Waals surface area contributed by atoms with Crippen LogP contribution in [0.25, 0.3) is 5.69 Å². The third-order valence-electron chi connectivity index (χ3n) is 3.64. The van der Waals surface area contributed by atoms with E-state index in [0.717, 1.165) is 16.8 Å². The van der Waals surface area contributed by atoms with Crippen LogP contribution in [0.5, 0.6) is 0 Å². The zero-order valence-corrected chi connectivity index (χ0v) is 14.3. The van der Waals surface area contributed by atoms with Crippen LogP contribution >= 0.6 is 11.8 Å². The largest absolute Gasteiger partial charge is 0.287 e. The molecule has 0 spiro atoms. The number of thioether (sulfide) groups is 1. The highest BCUT2D eigenvalue weighted by Gasteiger charge is 2.09. The van der Waals surface area contributed by atoms with E-state index in [-0.39, 0.29) is 11.2 Å². The maximum atomic E-state index is 12.6. The zero-order chi connectivity index (χ0) is 17.8. The fourth-order valence-corrected chi connectivity index (χ4v) is 3.12. The van der Waals surface area contributed by atoms with Gasteiger partial charge >= 0.3 is 0 Å². The first kappa shape index (κ1) is 16.9. The second kappa shape index (κ2) is 7.31. The number of benzene rings is 2. The Morgan fingerprint density at radius 3 is 2.44 bits per heavy atom. The van der Waals surface area contributed by atoms with Gasteiger partial charge in [-0.25, -0.2) is 4.98 Å². The number of hydrogen-bond acceptors (Lipinski definition) is 5. The summed E-state index contributed by atoms with van der Waals surface area (Å²) >= 11 is 1.31. The Morgan fingerprint density at radius 2 is 1.80 bits per heavy atom. The van der Waals surface area contributed by atoms with E-state index in [0.29, 0.717) is 10.8 Å². The fourth-order valence-electron chi connectivity index (χ4n) is 2.27. The molecule has 0 fully saturated rings. The van der Waals surface area contributed by atoms with Crippen LogP contribution in [0, 0.1) is 17.0 Å². The summed E-state index contributed by atoms with van der Waals surface area (Å²) in [6.45, 7) is 1.99. The molecule has 0 aliphatic rings. The van der Waals surface area contributed by atoms with Gasteiger partial charge < -0.3 is 0 Å². The average molecular weight is 353 g/mol. The first-order valence-electron chi connectivity index (χ1n) is 7.55. The first-order chi connectivity index (χ1) is 12.0. The number of rotatable bonds is 5. The van der Waals surface area contributed by atoms with Crippen molar-refractivity contribution in [2.24, 2.45) is 0 Å². The molecule has 2 aromatic carbocycles. The van der Waals surface area contributed by atoms with E-state index in [1.54, 1.807) is 29.1 Å². The first-order valence-corrected chi connectivity index (χ1v) is 8.54. The van der Waals surface area contributed by atoms with Crippen LogP contribution in [0.2, 0.25) is 0 Å². The van der Waals surface area contributed by atoms with E-state index in [4.69, 9.17) is 0 Å². The average Bonchev–Trinajstić information content (AvgIpc) is 2.62. The predicted octanol–water partition coefficient (Wildman–Crippen LogP) is 3.74. The van der Waals surface area contributed by atoms with Crippen molar-refractivity contribution in [3.05, 3.63) is 92.5 Å². The lowest BCUT2D eigenvalue weighted by Crippen LogP contribution is -2.20. The molecule has 1 heterocycles. The Labute approximate surface area is 148 Å². The summed E-state index contributed by atoms with van der Waals surface area (Å²) < 4.78 is 1.56. The number of aryl methyl sites for hydroxylation is 1. The maximum Gasteiger partial charge on any atom is 0.287 e. The number of aromatic nitrogens is 2. The van der Waals surface area contributed by atoms with Gasteiger partial charge in [0.15, 0.2) is 5.03 Å². The molecule has 126 valence electrons. The van der Waals surface area contributed by atoms with Crippen molar-refractivity contribution in [2.45, 2.75) is 17.7 Å². The van der Waals surface area contributed by atoms with Gasteiger partial charge in [-0.2, -0.15) is 0 Å². The van der Waals surface area contributed by atoms with Gasteiger partial charge in [-0.1, -0.05) is 41.6 Å². The minimum atomic E-state index is -0.435. The van der Waals surface area contributed by atoms with E-state index < -0.39 is 4.92 Å². The van der Waals surface area contributed by atoms with Crippen molar-refractivity contribution >= 4 is 17.4 Å². The predicted molar refractivity (Wildman–Crippen MR) is 97.2 cm³/mol. The lowest BCUT2D eigenvalue weighted by atomic mass is 10.2. The van der Waals surface area contributed by atoms with Crippen molar-refractivity contribution in [1.29, 1.82) is 0 Å². The van der Waals surface area contributed by atoms with Crippen LogP contribution < -0.4 is 5.56 Å². The second-order valence-corrected chi connectivity index (χ2v) is 6.42. The smallest absolute Gasteiger partial charge is 0.280 e. The fraction of sp³-hybridized carbons (Fsp3) is 0.111. The van der Waals surface area contributed by atoms with Crippen LogP contribution in [0.15, 0.2) is 70.7 Å². The summed E-state index contributed by atoms with van der Waals surface area (Å²) in [4.78, 5) is 27.0. The second-order valence-electron chi connectivity index (χ2n) is 5.46. The monoisotopic (exact) mass is 353 g/mol. The summed E-state index contributed by atoms with van der Waals surface area (Å²) in [5, 5.41) is 11.1. The molecule has 0 saturated carbocycles. The van der Waals surface area contributed by atoms with Gasteiger partial charge in [0.05, 0.1) is 4.92 Å². The van der Waals surface area contributed by atoms with Crippen molar-refractivity contribution in [1.82, 2.24) is 9.55 Å². The Balaban J connectivity index is 1.79. The minimum Gasteiger partial charge on any atom is -0.280 e. The molecule has 0 amide bonds. The van der Waals surface area contributed by atoms with Crippen molar-refractivity contribution in [3.8, 4) is 5.69 Å². The van der Waals surface area contributed by atoms with Crippen LogP contribution in [-0.4, -0.2) is 14.5 Å². The number of non-ortho nitro benzene ring substituents is 1. The molecule has 0 bridgehead atoms. The molecule has 7 heteroatoms. The van der Waals surface area contributed by atoms with Crippen molar-refractivity contribution in [2.75, 3.05) is 0 Å². The molecule has 6 nitrogen and oxygen atoms in total. The van der Waals surface area contributed by atoms with E-state index in [2.05, 4.69) is 4.98 Å². The van der Waals surface area contributed by atoms with E-state index in [1.165, 1.54) is 23.9 Å². The number of nitro groups is 1. The Bertz CT molecular complexity index is 951. The highest BCUT2D eigenvalue weighted by molar-refractivity contribution is 7.98. The lowest BCUT2D eigenvalue weighted by Gasteiger charge is -2.07. The molecule has 0 radical (unpaired) electrons. The van der Waals surface area contributed by atoms with E-state index in [9.17, 15) is 14.9 Å². The van der Waals surface area contributed by atoms with Gasteiger partial charge in [0.25, 0.3) is 11.2 Å². The van der Waals surface area contributed by atoms with Crippen molar-refractivity contribution in [3.63, 3.8) is 0 Å². The molecular formula is C18H15N3O3S. The summed E-state index contributed by atoms with van der Waals surface area (Å²) in [5.74, 6) is 0.512. The summed E-state index contributed by atoms with van der Waals surface area (Å²) in [6.07, 6.45) is 3.24. The SMILES string of the molecule is Cc1ccc(-n2ccnc(SCc3ccc([N+](=O)[O-])cc3)c2=O)cc1. The molecule has 0 atom stereocenters. The summed E-state index contributed by atoms with van der Waals surface area (Å²) in [5.41, 5.74) is 2.67. The van der Waals surface area contributed by atoms with Crippen LogP contribution in [0.3, 0.4) is 0 Å². The highest BCUT2D eigenvalue weighted by atomic mass is 32.2. The zero-order valence-electron chi connectivity index (χ0n) is 13.5. The number of nitrogens with zero attached hydrogens (tertiary/aromatic N) is 3. The van der Waals surface area contributed by atoms with E-state index >= 15 is 0 Å².